The molecule has 2 nitrogen and oxygen atoms in total. The van der Waals surface area contributed by atoms with E-state index in [2.05, 4.69) is 240 Å². The SMILES string of the molecule is C=C/C=C\c1c(C)c(N(c2ccccc2)c2cc(C(C)(C)C)cc(C(C)(C)C)c2)c2ccccc2c1N(c1ccccc1)c1cc(C(C)(C)C)cc(C(C)(C)C)c1. The molecule has 0 aliphatic heterocycles. The van der Waals surface area contributed by atoms with Crippen LogP contribution in [-0.4, -0.2) is 0 Å². The summed E-state index contributed by atoms with van der Waals surface area (Å²) >= 11 is 0. The molecule has 0 saturated heterocycles. The Bertz CT molecular complexity index is 2340. The van der Waals surface area contributed by atoms with Gasteiger partial charge in [-0.3, -0.25) is 0 Å². The van der Waals surface area contributed by atoms with Gasteiger partial charge in [-0.2, -0.15) is 0 Å². The highest BCUT2D eigenvalue weighted by Gasteiger charge is 2.30. The van der Waals surface area contributed by atoms with Gasteiger partial charge in [0.1, 0.15) is 0 Å². The Morgan fingerprint density at radius 2 is 0.754 bits per heavy atom. The van der Waals surface area contributed by atoms with Crippen molar-refractivity contribution in [3.8, 4) is 0 Å². The molecule has 0 radical (unpaired) electrons. The van der Waals surface area contributed by atoms with Gasteiger partial charge in [-0.25, -0.2) is 0 Å². The lowest BCUT2D eigenvalue weighted by atomic mass is 9.80. The number of rotatable bonds is 8. The van der Waals surface area contributed by atoms with Crippen molar-refractivity contribution in [2.45, 2.75) is 112 Å². The van der Waals surface area contributed by atoms with E-state index in [4.69, 9.17) is 0 Å². The quantitative estimate of drug-likeness (QED) is 0.143. The summed E-state index contributed by atoms with van der Waals surface area (Å²) in [5.41, 5.74) is 14.3. The predicted octanol–water partition coefficient (Wildman–Crippen LogP) is 16.5. The van der Waals surface area contributed by atoms with Crippen molar-refractivity contribution < 1.29 is 0 Å². The molecule has 2 heteroatoms. The number of benzene rings is 6. The van der Waals surface area contributed by atoms with Gasteiger partial charge in [-0.05, 0) is 105 Å². The van der Waals surface area contributed by atoms with Crippen molar-refractivity contribution in [3.05, 3.63) is 173 Å². The summed E-state index contributed by atoms with van der Waals surface area (Å²) in [6, 6.07) is 45.2. The Hall–Kier alpha value is -5.34. The first-order chi connectivity index (χ1) is 26.7. The molecule has 0 bridgehead atoms. The van der Waals surface area contributed by atoms with Gasteiger partial charge in [0.25, 0.3) is 0 Å². The van der Waals surface area contributed by atoms with Crippen LogP contribution in [0.4, 0.5) is 34.1 Å². The Morgan fingerprint density at radius 3 is 1.11 bits per heavy atom. The van der Waals surface area contributed by atoms with Gasteiger partial charge in [0.15, 0.2) is 0 Å². The van der Waals surface area contributed by atoms with Gasteiger partial charge in [0.2, 0.25) is 0 Å². The summed E-state index contributed by atoms with van der Waals surface area (Å²) in [7, 11) is 0. The zero-order chi connectivity index (χ0) is 41.5. The van der Waals surface area contributed by atoms with Crippen LogP contribution in [0.3, 0.4) is 0 Å². The molecule has 57 heavy (non-hydrogen) atoms. The molecular formula is C55H64N2. The maximum absolute atomic E-state index is 4.14. The average molecular weight is 753 g/mol. The minimum absolute atomic E-state index is 0.0408. The second kappa shape index (κ2) is 15.5. The van der Waals surface area contributed by atoms with E-state index in [1.165, 1.54) is 44.3 Å². The third-order valence-corrected chi connectivity index (χ3v) is 11.1. The molecule has 6 aromatic carbocycles. The van der Waals surface area contributed by atoms with Crippen LogP contribution >= 0.6 is 0 Å². The zero-order valence-corrected chi connectivity index (χ0v) is 36.9. The first-order valence-electron chi connectivity index (χ1n) is 20.6. The lowest BCUT2D eigenvalue weighted by molar-refractivity contribution is 0.568. The van der Waals surface area contributed by atoms with Crippen molar-refractivity contribution in [3.63, 3.8) is 0 Å². The Kier molecular flexibility index (Phi) is 11.3. The number of nitrogens with zero attached hydrogens (tertiary/aromatic N) is 2. The van der Waals surface area contributed by atoms with Crippen molar-refractivity contribution >= 4 is 51.0 Å². The zero-order valence-electron chi connectivity index (χ0n) is 36.9. The topological polar surface area (TPSA) is 6.48 Å². The van der Waals surface area contributed by atoms with Crippen molar-refractivity contribution in [2.24, 2.45) is 0 Å². The number of fused-ring (bicyclic) bond motifs is 1. The van der Waals surface area contributed by atoms with Gasteiger partial charge < -0.3 is 9.80 Å². The van der Waals surface area contributed by atoms with E-state index in [9.17, 15) is 0 Å². The molecule has 294 valence electrons. The second-order valence-corrected chi connectivity index (χ2v) is 19.8. The van der Waals surface area contributed by atoms with Crippen molar-refractivity contribution in [1.29, 1.82) is 0 Å². The summed E-state index contributed by atoms with van der Waals surface area (Å²) in [4.78, 5) is 5.00. The maximum Gasteiger partial charge on any atom is 0.0616 e. The molecule has 6 aromatic rings. The molecule has 0 amide bonds. The monoisotopic (exact) mass is 753 g/mol. The van der Waals surface area contributed by atoms with Crippen LogP contribution in [0.25, 0.3) is 16.8 Å². The van der Waals surface area contributed by atoms with Crippen LogP contribution < -0.4 is 9.80 Å². The Morgan fingerprint density at radius 1 is 0.421 bits per heavy atom. The van der Waals surface area contributed by atoms with Gasteiger partial charge in [-0.1, -0.05) is 181 Å². The molecule has 0 saturated carbocycles. The fourth-order valence-corrected chi connectivity index (χ4v) is 7.63. The number of hydrogen-bond donors (Lipinski definition) is 0. The van der Waals surface area contributed by atoms with Crippen LogP contribution in [0.1, 0.15) is 116 Å². The standard InChI is InChI=1S/C55H64N2/c1-15-16-29-47-38(2)50(56(43-25-19-17-20-26-43)45-34-39(52(3,4)5)32-40(35-45)53(6,7)8)48-30-23-24-31-49(48)51(47)57(44-27-21-18-22-28-44)46-36-41(54(9,10)11)33-42(37-46)55(12,13)14/h15-37H,1H2,2-14H3/b29-16-. The van der Waals surface area contributed by atoms with E-state index >= 15 is 0 Å². The predicted molar refractivity (Wildman–Crippen MR) is 252 cm³/mol. The van der Waals surface area contributed by atoms with Crippen LogP contribution in [0.15, 0.2) is 140 Å². The summed E-state index contributed by atoms with van der Waals surface area (Å²) in [6.07, 6.45) is 6.24. The number of para-hydroxylation sites is 2. The average Bonchev–Trinajstić information content (AvgIpc) is 3.15. The number of hydrogen-bond acceptors (Lipinski definition) is 2. The first-order valence-corrected chi connectivity index (χ1v) is 20.6. The number of anilines is 6. The molecule has 0 aliphatic rings. The normalized spacial score (nSPS) is 12.6. The molecule has 0 unspecified atom stereocenters. The molecule has 0 atom stereocenters. The summed E-state index contributed by atoms with van der Waals surface area (Å²) in [5.74, 6) is 0. The molecule has 0 aromatic heterocycles. The first kappa shape index (κ1) is 41.3. The van der Waals surface area contributed by atoms with E-state index in [1.54, 1.807) is 0 Å². The molecule has 0 N–H and O–H groups in total. The molecule has 0 fully saturated rings. The Labute approximate surface area is 344 Å². The summed E-state index contributed by atoms with van der Waals surface area (Å²) in [6.45, 7) is 34.2. The van der Waals surface area contributed by atoms with Crippen LogP contribution in [0.2, 0.25) is 0 Å². The van der Waals surface area contributed by atoms with Gasteiger partial charge >= 0.3 is 0 Å². The second-order valence-electron chi connectivity index (χ2n) is 19.8. The minimum atomic E-state index is -0.0462. The van der Waals surface area contributed by atoms with Crippen molar-refractivity contribution in [1.82, 2.24) is 0 Å². The van der Waals surface area contributed by atoms with E-state index in [0.29, 0.717) is 0 Å². The third kappa shape index (κ3) is 8.66. The largest absolute Gasteiger partial charge is 0.310 e. The van der Waals surface area contributed by atoms with Gasteiger partial charge in [0.05, 0.1) is 11.4 Å². The molecule has 0 heterocycles. The highest BCUT2D eigenvalue weighted by molar-refractivity contribution is 6.12. The fraction of sp³-hybridized carbons (Fsp3) is 0.309. The lowest BCUT2D eigenvalue weighted by Crippen LogP contribution is -2.21. The summed E-state index contributed by atoms with van der Waals surface area (Å²) < 4.78 is 0. The third-order valence-electron chi connectivity index (χ3n) is 11.1. The van der Waals surface area contributed by atoms with Gasteiger partial charge in [0, 0.05) is 39.1 Å². The fourth-order valence-electron chi connectivity index (χ4n) is 7.63. The van der Waals surface area contributed by atoms with Crippen LogP contribution in [-0.2, 0) is 21.7 Å². The summed E-state index contributed by atoms with van der Waals surface area (Å²) in [5, 5.41) is 2.36. The van der Waals surface area contributed by atoms with E-state index in [0.717, 1.165) is 34.0 Å². The van der Waals surface area contributed by atoms with E-state index in [1.807, 2.05) is 6.08 Å². The number of allylic oxidation sites excluding steroid dienone is 2. The van der Waals surface area contributed by atoms with Crippen LogP contribution in [0.5, 0.6) is 0 Å². The molecule has 0 spiro atoms. The highest BCUT2D eigenvalue weighted by atomic mass is 15.2. The van der Waals surface area contributed by atoms with Gasteiger partial charge in [-0.15, -0.1) is 0 Å². The minimum Gasteiger partial charge on any atom is -0.310 e. The van der Waals surface area contributed by atoms with Crippen molar-refractivity contribution in [2.75, 3.05) is 9.80 Å². The van der Waals surface area contributed by atoms with E-state index in [-0.39, 0.29) is 21.7 Å². The maximum atomic E-state index is 4.14. The highest BCUT2D eigenvalue weighted by Crippen LogP contribution is 2.51. The van der Waals surface area contributed by atoms with E-state index < -0.39 is 0 Å². The lowest BCUT2D eigenvalue weighted by Gasteiger charge is -2.36. The Balaban J connectivity index is 1.80. The van der Waals surface area contributed by atoms with Crippen LogP contribution in [0, 0.1) is 6.92 Å². The smallest absolute Gasteiger partial charge is 0.0616 e. The molecular weight excluding hydrogens is 689 g/mol. The molecule has 6 rings (SSSR count). The molecule has 0 aliphatic carbocycles.